The van der Waals surface area contributed by atoms with E-state index in [1.165, 1.54) is 5.56 Å². The van der Waals surface area contributed by atoms with Crippen molar-refractivity contribution in [1.82, 2.24) is 0 Å². The molecule has 0 saturated carbocycles. The molecule has 0 unspecified atom stereocenters. The van der Waals surface area contributed by atoms with E-state index < -0.39 is 0 Å². The fourth-order valence-electron chi connectivity index (χ4n) is 1.75. The highest BCUT2D eigenvalue weighted by Gasteiger charge is 2.17. The van der Waals surface area contributed by atoms with E-state index in [1.54, 1.807) is 6.07 Å². The molecule has 0 saturated heterocycles. The molecule has 0 fully saturated rings. The van der Waals surface area contributed by atoms with Crippen LogP contribution in [0.15, 0.2) is 12.1 Å². The van der Waals surface area contributed by atoms with E-state index in [-0.39, 0.29) is 0 Å². The van der Waals surface area contributed by atoms with Crippen molar-refractivity contribution >= 4 is 11.6 Å². The van der Waals surface area contributed by atoms with Crippen LogP contribution in [0.3, 0.4) is 0 Å². The van der Waals surface area contributed by atoms with E-state index in [0.29, 0.717) is 22.6 Å². The smallest absolute Gasteiger partial charge is 0.183 e. The molecule has 0 aliphatic rings. The molecular weight excluding hydrogens is 212 g/mol. The summed E-state index contributed by atoms with van der Waals surface area (Å²) in [6, 6.07) is 3.65. The zero-order valence-corrected chi connectivity index (χ0v) is 10.3. The third kappa shape index (κ3) is 2.44. The molecule has 0 bridgehead atoms. The van der Waals surface area contributed by atoms with Crippen molar-refractivity contribution in [3.05, 3.63) is 28.3 Å². The van der Waals surface area contributed by atoms with Crippen LogP contribution >= 0.6 is 11.6 Å². The van der Waals surface area contributed by atoms with Crippen LogP contribution in [-0.4, -0.2) is 5.26 Å². The van der Waals surface area contributed by atoms with E-state index in [2.05, 4.69) is 32.6 Å². The SMILES string of the molecule is CC(C)c1ccc(OO)c(Cl)c1C(C)C. The Morgan fingerprint density at radius 3 is 2.13 bits per heavy atom. The Labute approximate surface area is 95.8 Å². The van der Waals surface area contributed by atoms with Crippen molar-refractivity contribution in [3.8, 4) is 5.75 Å². The summed E-state index contributed by atoms with van der Waals surface area (Å²) in [6.45, 7) is 8.40. The minimum Gasteiger partial charge on any atom is -0.339 e. The van der Waals surface area contributed by atoms with Gasteiger partial charge >= 0.3 is 0 Å². The molecule has 0 spiro atoms. The summed E-state index contributed by atoms with van der Waals surface area (Å²) in [5.41, 5.74) is 2.26. The molecule has 84 valence electrons. The van der Waals surface area contributed by atoms with Crippen molar-refractivity contribution in [2.24, 2.45) is 0 Å². The van der Waals surface area contributed by atoms with Crippen molar-refractivity contribution in [1.29, 1.82) is 0 Å². The molecule has 0 heterocycles. The zero-order chi connectivity index (χ0) is 11.6. The van der Waals surface area contributed by atoms with Crippen LogP contribution in [0.2, 0.25) is 5.02 Å². The summed E-state index contributed by atoms with van der Waals surface area (Å²) in [4.78, 5) is 4.24. The summed E-state index contributed by atoms with van der Waals surface area (Å²) < 4.78 is 0. The summed E-state index contributed by atoms with van der Waals surface area (Å²) in [6.07, 6.45) is 0. The van der Waals surface area contributed by atoms with Gasteiger partial charge in [-0.15, -0.1) is 0 Å². The molecule has 0 atom stereocenters. The Hall–Kier alpha value is -0.730. The number of halogens is 1. The fourth-order valence-corrected chi connectivity index (χ4v) is 2.17. The van der Waals surface area contributed by atoms with Crippen LogP contribution in [0.5, 0.6) is 5.75 Å². The van der Waals surface area contributed by atoms with E-state index in [9.17, 15) is 0 Å². The predicted octanol–water partition coefficient (Wildman–Crippen LogP) is 4.44. The van der Waals surface area contributed by atoms with Crippen LogP contribution in [0, 0.1) is 0 Å². The highest BCUT2D eigenvalue weighted by atomic mass is 35.5. The van der Waals surface area contributed by atoms with Gasteiger partial charge in [0.1, 0.15) is 0 Å². The van der Waals surface area contributed by atoms with E-state index in [4.69, 9.17) is 16.9 Å². The van der Waals surface area contributed by atoms with Gasteiger partial charge in [0.05, 0.1) is 5.02 Å². The Morgan fingerprint density at radius 1 is 1.13 bits per heavy atom. The molecule has 0 amide bonds. The van der Waals surface area contributed by atoms with Gasteiger partial charge in [-0.25, -0.2) is 5.26 Å². The van der Waals surface area contributed by atoms with Crippen molar-refractivity contribution in [2.75, 3.05) is 0 Å². The highest BCUT2D eigenvalue weighted by molar-refractivity contribution is 6.33. The van der Waals surface area contributed by atoms with Gasteiger partial charge < -0.3 is 4.89 Å². The average molecular weight is 229 g/mol. The lowest BCUT2D eigenvalue weighted by molar-refractivity contribution is -0.137. The molecule has 15 heavy (non-hydrogen) atoms. The maximum Gasteiger partial charge on any atom is 0.183 e. The monoisotopic (exact) mass is 228 g/mol. The van der Waals surface area contributed by atoms with Crippen molar-refractivity contribution in [3.63, 3.8) is 0 Å². The minimum absolute atomic E-state index is 0.310. The lowest BCUT2D eigenvalue weighted by Gasteiger charge is -2.18. The second-order valence-electron chi connectivity index (χ2n) is 4.28. The summed E-state index contributed by atoms with van der Waals surface area (Å²) in [5.74, 6) is 1.04. The molecule has 1 rings (SSSR count). The second-order valence-corrected chi connectivity index (χ2v) is 4.66. The van der Waals surface area contributed by atoms with Gasteiger partial charge in [-0.1, -0.05) is 45.4 Å². The van der Waals surface area contributed by atoms with Gasteiger partial charge in [0, 0.05) is 0 Å². The zero-order valence-electron chi connectivity index (χ0n) is 9.54. The molecular formula is C12H17ClO2. The molecule has 2 nitrogen and oxygen atoms in total. The largest absolute Gasteiger partial charge is 0.339 e. The molecule has 0 aliphatic carbocycles. The third-order valence-corrected chi connectivity index (χ3v) is 2.87. The van der Waals surface area contributed by atoms with Crippen molar-refractivity contribution < 1.29 is 10.1 Å². The van der Waals surface area contributed by atoms with Gasteiger partial charge in [0.25, 0.3) is 0 Å². The maximum absolute atomic E-state index is 8.67. The van der Waals surface area contributed by atoms with Gasteiger partial charge in [-0.3, -0.25) is 0 Å². The van der Waals surface area contributed by atoms with E-state index in [0.717, 1.165) is 5.56 Å². The number of hydrogen-bond acceptors (Lipinski definition) is 2. The summed E-state index contributed by atoms with van der Waals surface area (Å²) in [5, 5.41) is 9.18. The number of hydrogen-bond donors (Lipinski definition) is 1. The molecule has 1 aromatic carbocycles. The summed E-state index contributed by atoms with van der Waals surface area (Å²) in [7, 11) is 0. The van der Waals surface area contributed by atoms with Gasteiger partial charge in [-0.05, 0) is 29.0 Å². The Bertz CT molecular complexity index is 346. The molecule has 1 N–H and O–H groups in total. The third-order valence-electron chi connectivity index (χ3n) is 2.48. The van der Waals surface area contributed by atoms with Crippen LogP contribution in [0.25, 0.3) is 0 Å². The quantitative estimate of drug-likeness (QED) is 0.612. The Morgan fingerprint density at radius 2 is 1.73 bits per heavy atom. The molecule has 3 heteroatoms. The first-order valence-corrected chi connectivity index (χ1v) is 5.50. The maximum atomic E-state index is 8.67. The molecule has 0 aliphatic heterocycles. The van der Waals surface area contributed by atoms with Crippen LogP contribution in [-0.2, 0) is 0 Å². The Balaban J connectivity index is 3.37. The van der Waals surface area contributed by atoms with Crippen LogP contribution < -0.4 is 4.89 Å². The van der Waals surface area contributed by atoms with E-state index >= 15 is 0 Å². The number of rotatable bonds is 3. The van der Waals surface area contributed by atoms with Gasteiger partial charge in [-0.2, -0.15) is 0 Å². The predicted molar refractivity (Wildman–Crippen MR) is 62.9 cm³/mol. The van der Waals surface area contributed by atoms with Gasteiger partial charge in [0.2, 0.25) is 0 Å². The lowest BCUT2D eigenvalue weighted by Crippen LogP contribution is -2.01. The van der Waals surface area contributed by atoms with E-state index in [1.807, 2.05) is 6.07 Å². The standard InChI is InChI=1S/C12H17ClO2/c1-7(2)9-5-6-10(15-14)12(13)11(9)8(3)4/h5-8,14H,1-4H3. The first-order chi connectivity index (χ1) is 6.99. The average Bonchev–Trinajstić information content (AvgIpc) is 2.16. The second kappa shape index (κ2) is 4.86. The first kappa shape index (κ1) is 12.3. The topological polar surface area (TPSA) is 29.5 Å². The minimum atomic E-state index is 0.310. The number of benzene rings is 1. The van der Waals surface area contributed by atoms with Crippen molar-refractivity contribution in [2.45, 2.75) is 39.5 Å². The Kier molecular flexibility index (Phi) is 4.00. The highest BCUT2D eigenvalue weighted by Crippen LogP contribution is 2.37. The van der Waals surface area contributed by atoms with Crippen LogP contribution in [0.1, 0.15) is 50.7 Å². The van der Waals surface area contributed by atoms with Gasteiger partial charge in [0.15, 0.2) is 5.75 Å². The molecule has 1 aromatic rings. The molecule has 0 radical (unpaired) electrons. The fraction of sp³-hybridized carbons (Fsp3) is 0.500. The molecule has 0 aromatic heterocycles. The normalized spacial score (nSPS) is 11.2. The lowest BCUT2D eigenvalue weighted by atomic mass is 9.90. The first-order valence-electron chi connectivity index (χ1n) is 5.12. The van der Waals surface area contributed by atoms with Crippen LogP contribution in [0.4, 0.5) is 0 Å². The summed E-state index contributed by atoms with van der Waals surface area (Å²) >= 11 is 6.17.